The molecule has 6 aromatic rings. The van der Waals surface area contributed by atoms with Gasteiger partial charge in [0, 0.05) is 28.0 Å². The lowest BCUT2D eigenvalue weighted by Crippen LogP contribution is -2.23. The van der Waals surface area contributed by atoms with Crippen molar-refractivity contribution in [3.05, 3.63) is 97.1 Å². The van der Waals surface area contributed by atoms with Crippen molar-refractivity contribution in [2.45, 2.75) is 17.3 Å². The highest BCUT2D eigenvalue weighted by atomic mass is 32.2. The Kier molecular flexibility index (Phi) is 6.69. The maximum absolute atomic E-state index is 13.2. The van der Waals surface area contributed by atoms with Crippen LogP contribution in [0.3, 0.4) is 0 Å². The van der Waals surface area contributed by atoms with Crippen LogP contribution >= 0.6 is 11.8 Å². The van der Waals surface area contributed by atoms with Gasteiger partial charge in [0.15, 0.2) is 0 Å². The van der Waals surface area contributed by atoms with Crippen molar-refractivity contribution in [3.63, 3.8) is 0 Å². The standard InChI is InChI=1S/C31H24N4O3S/c1-19(30(36)32-24-18-26-23(17-27(24)37-2)22-15-9-10-16-25(22)38-26)39-31-33-28(20-11-5-3-6-12-20)29(34-35-31)21-13-7-4-8-14-21/h3-19H,1-2H3,(H,32,36)/t19-/m1/s1. The second-order valence-electron chi connectivity index (χ2n) is 8.92. The number of hydrogen-bond acceptors (Lipinski definition) is 7. The van der Waals surface area contributed by atoms with Crippen LogP contribution in [0.1, 0.15) is 6.92 Å². The zero-order valence-electron chi connectivity index (χ0n) is 21.3. The van der Waals surface area contributed by atoms with E-state index in [1.54, 1.807) is 13.2 Å². The number of benzene rings is 4. The Bertz CT molecular complexity index is 1790. The molecule has 0 aliphatic heterocycles. The number of thioether (sulfide) groups is 1. The third-order valence-corrected chi connectivity index (χ3v) is 7.32. The topological polar surface area (TPSA) is 90.1 Å². The second kappa shape index (κ2) is 10.6. The van der Waals surface area contributed by atoms with Crippen LogP contribution in [0.5, 0.6) is 5.75 Å². The summed E-state index contributed by atoms with van der Waals surface area (Å²) in [6.45, 7) is 1.81. The number of amides is 1. The highest BCUT2D eigenvalue weighted by Gasteiger charge is 2.21. The molecule has 0 radical (unpaired) electrons. The molecule has 4 aromatic carbocycles. The van der Waals surface area contributed by atoms with Gasteiger partial charge in [-0.1, -0.05) is 90.6 Å². The summed E-state index contributed by atoms with van der Waals surface area (Å²) in [7, 11) is 1.58. The molecule has 2 aromatic heterocycles. The predicted molar refractivity (Wildman–Crippen MR) is 155 cm³/mol. The summed E-state index contributed by atoms with van der Waals surface area (Å²) in [6.07, 6.45) is 0. The maximum Gasteiger partial charge on any atom is 0.237 e. The molecule has 6 rings (SSSR count). The van der Waals surface area contributed by atoms with E-state index in [-0.39, 0.29) is 5.91 Å². The van der Waals surface area contributed by atoms with E-state index in [0.717, 1.165) is 27.5 Å². The average Bonchev–Trinajstić information content (AvgIpc) is 3.35. The number of hydrogen-bond donors (Lipinski definition) is 1. The molecule has 39 heavy (non-hydrogen) atoms. The second-order valence-corrected chi connectivity index (χ2v) is 10.2. The Balaban J connectivity index is 1.27. The van der Waals surface area contributed by atoms with Crippen LogP contribution in [0.25, 0.3) is 44.5 Å². The first kappa shape index (κ1) is 24.6. The molecular weight excluding hydrogens is 508 g/mol. The number of carbonyl (C=O) groups excluding carboxylic acids is 1. The van der Waals surface area contributed by atoms with E-state index in [0.29, 0.717) is 33.6 Å². The summed E-state index contributed by atoms with van der Waals surface area (Å²) in [4.78, 5) is 18.1. The van der Waals surface area contributed by atoms with Crippen LogP contribution in [-0.2, 0) is 4.79 Å². The third kappa shape index (κ3) is 4.94. The molecule has 0 aliphatic carbocycles. The smallest absolute Gasteiger partial charge is 0.237 e. The molecule has 1 N–H and O–H groups in total. The molecule has 0 spiro atoms. The Morgan fingerprint density at radius 3 is 2.21 bits per heavy atom. The first-order valence-corrected chi connectivity index (χ1v) is 13.3. The van der Waals surface area contributed by atoms with E-state index in [1.165, 1.54) is 11.8 Å². The Labute approximate surface area is 229 Å². The number of rotatable bonds is 7. The van der Waals surface area contributed by atoms with Gasteiger partial charge < -0.3 is 14.5 Å². The van der Waals surface area contributed by atoms with Crippen LogP contribution in [-0.4, -0.2) is 33.4 Å². The molecule has 0 saturated carbocycles. The van der Waals surface area contributed by atoms with Crippen molar-refractivity contribution < 1.29 is 13.9 Å². The lowest BCUT2D eigenvalue weighted by Gasteiger charge is -2.14. The average molecular weight is 533 g/mol. The number of ether oxygens (including phenoxy) is 1. The fraction of sp³-hybridized carbons (Fsp3) is 0.0968. The Morgan fingerprint density at radius 1 is 0.821 bits per heavy atom. The summed E-state index contributed by atoms with van der Waals surface area (Å²) in [5.41, 5.74) is 5.23. The van der Waals surface area contributed by atoms with E-state index in [1.807, 2.05) is 97.9 Å². The van der Waals surface area contributed by atoms with Crippen LogP contribution < -0.4 is 10.1 Å². The third-order valence-electron chi connectivity index (χ3n) is 6.37. The zero-order valence-corrected chi connectivity index (χ0v) is 22.1. The number of fused-ring (bicyclic) bond motifs is 3. The lowest BCUT2D eigenvalue weighted by molar-refractivity contribution is -0.115. The summed E-state index contributed by atoms with van der Waals surface area (Å²) in [6, 6.07) is 31.2. The largest absolute Gasteiger partial charge is 0.495 e. The fourth-order valence-corrected chi connectivity index (χ4v) is 5.13. The SMILES string of the molecule is COc1cc2c(cc1NC(=O)[C@@H](C)Sc1nnc(-c3ccccc3)c(-c3ccccc3)n1)oc1ccccc12. The maximum atomic E-state index is 13.2. The van der Waals surface area contributed by atoms with Crippen molar-refractivity contribution in [2.75, 3.05) is 12.4 Å². The quantitative estimate of drug-likeness (QED) is 0.217. The predicted octanol–water partition coefficient (Wildman–Crippen LogP) is 7.23. The number of anilines is 1. The van der Waals surface area contributed by atoms with Gasteiger partial charge in [-0.05, 0) is 19.1 Å². The molecule has 0 fully saturated rings. The van der Waals surface area contributed by atoms with Crippen molar-refractivity contribution in [2.24, 2.45) is 0 Å². The summed E-state index contributed by atoms with van der Waals surface area (Å²) < 4.78 is 11.6. The van der Waals surface area contributed by atoms with Gasteiger partial charge in [-0.2, -0.15) is 0 Å². The van der Waals surface area contributed by atoms with E-state index in [4.69, 9.17) is 14.1 Å². The van der Waals surface area contributed by atoms with Crippen LogP contribution in [0.4, 0.5) is 5.69 Å². The van der Waals surface area contributed by atoms with Crippen molar-refractivity contribution in [1.29, 1.82) is 0 Å². The summed E-state index contributed by atoms with van der Waals surface area (Å²) in [5, 5.41) is 13.7. The summed E-state index contributed by atoms with van der Waals surface area (Å²) in [5.74, 6) is 0.335. The van der Waals surface area contributed by atoms with Crippen molar-refractivity contribution in [1.82, 2.24) is 15.2 Å². The molecular formula is C31H24N4O3S. The zero-order chi connectivity index (χ0) is 26.8. The van der Waals surface area contributed by atoms with E-state index >= 15 is 0 Å². The molecule has 1 atom stereocenters. The summed E-state index contributed by atoms with van der Waals surface area (Å²) >= 11 is 1.24. The van der Waals surface area contributed by atoms with Gasteiger partial charge in [0.25, 0.3) is 0 Å². The highest BCUT2D eigenvalue weighted by molar-refractivity contribution is 8.00. The van der Waals surface area contributed by atoms with Crippen molar-refractivity contribution >= 4 is 45.3 Å². The van der Waals surface area contributed by atoms with E-state index in [9.17, 15) is 4.79 Å². The lowest BCUT2D eigenvalue weighted by atomic mass is 10.0. The number of aromatic nitrogens is 3. The molecule has 0 aliphatic rings. The molecule has 1 amide bonds. The number of methoxy groups -OCH3 is 1. The monoisotopic (exact) mass is 532 g/mol. The molecule has 8 heteroatoms. The number of para-hydroxylation sites is 1. The first-order chi connectivity index (χ1) is 19.1. The van der Waals surface area contributed by atoms with Gasteiger partial charge in [0.05, 0.1) is 18.0 Å². The van der Waals surface area contributed by atoms with Gasteiger partial charge in [-0.3, -0.25) is 4.79 Å². The number of furan rings is 1. The van der Waals surface area contributed by atoms with E-state index in [2.05, 4.69) is 15.5 Å². The fourth-order valence-electron chi connectivity index (χ4n) is 4.41. The van der Waals surface area contributed by atoms with Crippen molar-refractivity contribution in [3.8, 4) is 28.3 Å². The Morgan fingerprint density at radius 2 is 1.49 bits per heavy atom. The first-order valence-electron chi connectivity index (χ1n) is 12.4. The number of nitrogens with zero attached hydrogens (tertiary/aromatic N) is 3. The number of nitrogens with one attached hydrogen (secondary N) is 1. The highest BCUT2D eigenvalue weighted by Crippen LogP contribution is 2.37. The van der Waals surface area contributed by atoms with E-state index < -0.39 is 5.25 Å². The van der Waals surface area contributed by atoms with Gasteiger partial charge in [0.1, 0.15) is 28.3 Å². The van der Waals surface area contributed by atoms with Crippen LogP contribution in [0.2, 0.25) is 0 Å². The van der Waals surface area contributed by atoms with Crippen LogP contribution in [0.15, 0.2) is 107 Å². The van der Waals surface area contributed by atoms with Gasteiger partial charge >= 0.3 is 0 Å². The molecule has 7 nitrogen and oxygen atoms in total. The minimum Gasteiger partial charge on any atom is -0.495 e. The van der Waals surface area contributed by atoms with Gasteiger partial charge in [-0.25, -0.2) is 4.98 Å². The molecule has 192 valence electrons. The molecule has 0 bridgehead atoms. The minimum atomic E-state index is -0.505. The number of carbonyl (C=O) groups is 1. The Hall–Kier alpha value is -4.69. The molecule has 2 heterocycles. The molecule has 0 saturated heterocycles. The normalized spacial score (nSPS) is 11.9. The van der Waals surface area contributed by atoms with Gasteiger partial charge in [-0.15, -0.1) is 10.2 Å². The van der Waals surface area contributed by atoms with Crippen LogP contribution in [0, 0.1) is 0 Å². The van der Waals surface area contributed by atoms with Gasteiger partial charge in [0.2, 0.25) is 11.1 Å². The molecule has 0 unspecified atom stereocenters. The minimum absolute atomic E-state index is 0.217.